The number of aliphatic carboxylic acids is 2. The van der Waals surface area contributed by atoms with E-state index in [1.807, 2.05) is 6.92 Å². The molecule has 1 aliphatic rings. The van der Waals surface area contributed by atoms with Crippen molar-refractivity contribution < 1.29 is 33.7 Å². The zero-order chi connectivity index (χ0) is 18.1. The van der Waals surface area contributed by atoms with Gasteiger partial charge in [-0.05, 0) is 25.7 Å². The molecule has 7 heteroatoms. The molecule has 0 aromatic rings. The summed E-state index contributed by atoms with van der Waals surface area (Å²) in [5, 5.41) is 18.2. The van der Waals surface area contributed by atoms with Crippen LogP contribution in [0.25, 0.3) is 0 Å². The minimum Gasteiger partial charge on any atom is -0.481 e. The van der Waals surface area contributed by atoms with Gasteiger partial charge in [0.05, 0.1) is 24.4 Å². The Hall–Kier alpha value is -1.66. The van der Waals surface area contributed by atoms with Crippen molar-refractivity contribution in [2.75, 3.05) is 6.61 Å². The van der Waals surface area contributed by atoms with Crippen molar-refractivity contribution in [3.05, 3.63) is 0 Å². The molecule has 4 unspecified atom stereocenters. The topological polar surface area (TPSA) is 101 Å². The SMILES string of the molecule is CCCCCC(F)CCOC(=O)C1CCC(C(=O)O)C(C(=O)O)C1. The predicted molar refractivity (Wildman–Crippen MR) is 84.2 cm³/mol. The van der Waals surface area contributed by atoms with Crippen molar-refractivity contribution in [3.8, 4) is 0 Å². The van der Waals surface area contributed by atoms with E-state index < -0.39 is 41.8 Å². The maximum atomic E-state index is 13.6. The Morgan fingerprint density at radius 3 is 2.33 bits per heavy atom. The molecule has 0 bridgehead atoms. The molecule has 1 saturated carbocycles. The minimum atomic E-state index is -1.21. The molecule has 1 fully saturated rings. The van der Waals surface area contributed by atoms with Crippen LogP contribution in [0.2, 0.25) is 0 Å². The normalized spacial score (nSPS) is 25.0. The fourth-order valence-electron chi connectivity index (χ4n) is 3.12. The lowest BCUT2D eigenvalue weighted by Crippen LogP contribution is -2.38. The number of carbonyl (C=O) groups is 3. The van der Waals surface area contributed by atoms with E-state index in [1.54, 1.807) is 0 Å². The highest BCUT2D eigenvalue weighted by atomic mass is 19.1. The largest absolute Gasteiger partial charge is 0.481 e. The van der Waals surface area contributed by atoms with Gasteiger partial charge in [-0.25, -0.2) is 4.39 Å². The van der Waals surface area contributed by atoms with Gasteiger partial charge in [-0.15, -0.1) is 0 Å². The first-order chi connectivity index (χ1) is 11.4. The van der Waals surface area contributed by atoms with Crippen molar-refractivity contribution in [3.63, 3.8) is 0 Å². The molecule has 0 aromatic carbocycles. The fourth-order valence-corrected chi connectivity index (χ4v) is 3.12. The summed E-state index contributed by atoms with van der Waals surface area (Å²) < 4.78 is 18.7. The quantitative estimate of drug-likeness (QED) is 0.466. The van der Waals surface area contributed by atoms with Crippen molar-refractivity contribution in [2.45, 2.75) is 64.5 Å². The van der Waals surface area contributed by atoms with Crippen molar-refractivity contribution in [1.82, 2.24) is 0 Å². The van der Waals surface area contributed by atoms with Gasteiger partial charge in [0.2, 0.25) is 0 Å². The predicted octanol–water partition coefficient (Wildman–Crippen LogP) is 3.04. The van der Waals surface area contributed by atoms with Crippen LogP contribution in [0.15, 0.2) is 0 Å². The molecule has 6 nitrogen and oxygen atoms in total. The maximum Gasteiger partial charge on any atom is 0.308 e. The number of alkyl halides is 1. The molecule has 0 aromatic heterocycles. The second-order valence-electron chi connectivity index (χ2n) is 6.45. The van der Waals surface area contributed by atoms with Crippen LogP contribution in [0.1, 0.15) is 58.3 Å². The van der Waals surface area contributed by atoms with Crippen LogP contribution in [-0.4, -0.2) is 40.9 Å². The third-order valence-corrected chi connectivity index (χ3v) is 4.61. The maximum absolute atomic E-state index is 13.6. The number of unbranched alkanes of at least 4 members (excludes halogenated alkanes) is 2. The second kappa shape index (κ2) is 10.3. The smallest absolute Gasteiger partial charge is 0.308 e. The van der Waals surface area contributed by atoms with E-state index >= 15 is 0 Å². The third-order valence-electron chi connectivity index (χ3n) is 4.61. The molecule has 0 spiro atoms. The van der Waals surface area contributed by atoms with Crippen LogP contribution in [0.4, 0.5) is 4.39 Å². The van der Waals surface area contributed by atoms with Gasteiger partial charge in [0.15, 0.2) is 0 Å². The summed E-state index contributed by atoms with van der Waals surface area (Å²) in [6.07, 6.45) is 2.78. The first-order valence-electron chi connectivity index (χ1n) is 8.63. The molecular formula is C17H27FO6. The average molecular weight is 346 g/mol. The third kappa shape index (κ3) is 6.45. The van der Waals surface area contributed by atoms with Crippen LogP contribution < -0.4 is 0 Å². The Bertz CT molecular complexity index is 439. The highest BCUT2D eigenvalue weighted by Gasteiger charge is 2.42. The molecule has 0 amide bonds. The van der Waals surface area contributed by atoms with E-state index in [2.05, 4.69) is 0 Å². The second-order valence-corrected chi connectivity index (χ2v) is 6.45. The number of halogens is 1. The van der Waals surface area contributed by atoms with Crippen LogP contribution in [0.5, 0.6) is 0 Å². The summed E-state index contributed by atoms with van der Waals surface area (Å²) in [5.41, 5.74) is 0. The average Bonchev–Trinajstić information content (AvgIpc) is 2.54. The molecule has 2 N–H and O–H groups in total. The summed E-state index contributed by atoms with van der Waals surface area (Å²) in [6, 6.07) is 0. The molecular weight excluding hydrogens is 319 g/mol. The van der Waals surface area contributed by atoms with Gasteiger partial charge < -0.3 is 14.9 Å². The van der Waals surface area contributed by atoms with E-state index in [1.165, 1.54) is 0 Å². The summed E-state index contributed by atoms with van der Waals surface area (Å²) in [4.78, 5) is 34.3. The van der Waals surface area contributed by atoms with Gasteiger partial charge in [0.25, 0.3) is 0 Å². The van der Waals surface area contributed by atoms with E-state index in [-0.39, 0.29) is 32.3 Å². The lowest BCUT2D eigenvalue weighted by molar-refractivity contribution is -0.161. The van der Waals surface area contributed by atoms with E-state index in [9.17, 15) is 18.8 Å². The monoisotopic (exact) mass is 346 g/mol. The Labute approximate surface area is 141 Å². The van der Waals surface area contributed by atoms with Gasteiger partial charge in [0, 0.05) is 6.42 Å². The molecule has 0 radical (unpaired) electrons. The van der Waals surface area contributed by atoms with Gasteiger partial charge in [0.1, 0.15) is 6.17 Å². The Morgan fingerprint density at radius 1 is 1.08 bits per heavy atom. The fraction of sp³-hybridized carbons (Fsp3) is 0.824. The number of hydrogen-bond donors (Lipinski definition) is 2. The summed E-state index contributed by atoms with van der Waals surface area (Å²) in [6.45, 7) is 2.02. The highest BCUT2D eigenvalue weighted by Crippen LogP contribution is 2.35. The van der Waals surface area contributed by atoms with E-state index in [4.69, 9.17) is 14.9 Å². The number of esters is 1. The molecule has 4 atom stereocenters. The first-order valence-corrected chi connectivity index (χ1v) is 8.63. The zero-order valence-electron chi connectivity index (χ0n) is 14.1. The number of hydrogen-bond acceptors (Lipinski definition) is 4. The summed E-state index contributed by atoms with van der Waals surface area (Å²) in [7, 11) is 0. The molecule has 1 aliphatic carbocycles. The number of carbonyl (C=O) groups excluding carboxylic acids is 1. The zero-order valence-corrected chi connectivity index (χ0v) is 14.1. The number of carboxylic acids is 2. The van der Waals surface area contributed by atoms with Crippen molar-refractivity contribution in [1.29, 1.82) is 0 Å². The lowest BCUT2D eigenvalue weighted by atomic mass is 9.74. The molecule has 1 rings (SSSR count). The Kier molecular flexibility index (Phi) is 8.71. The van der Waals surface area contributed by atoms with Gasteiger partial charge in [-0.2, -0.15) is 0 Å². The Morgan fingerprint density at radius 2 is 1.75 bits per heavy atom. The molecule has 138 valence electrons. The standard InChI is InChI=1S/C17H27FO6/c1-2-3-4-5-12(18)8-9-24-17(23)11-6-7-13(15(19)20)14(10-11)16(21)22/h11-14H,2-10H2,1H3,(H,19,20)(H,21,22). The number of ether oxygens (including phenoxy) is 1. The first kappa shape index (κ1) is 20.4. The molecule has 0 heterocycles. The van der Waals surface area contributed by atoms with Gasteiger partial charge >= 0.3 is 17.9 Å². The molecule has 24 heavy (non-hydrogen) atoms. The van der Waals surface area contributed by atoms with Gasteiger partial charge in [-0.1, -0.05) is 26.2 Å². The van der Waals surface area contributed by atoms with E-state index in [0.29, 0.717) is 6.42 Å². The number of rotatable bonds is 10. The van der Waals surface area contributed by atoms with Crippen molar-refractivity contribution >= 4 is 17.9 Å². The summed E-state index contributed by atoms with van der Waals surface area (Å²) >= 11 is 0. The highest BCUT2D eigenvalue weighted by molar-refractivity contribution is 5.82. The van der Waals surface area contributed by atoms with Gasteiger partial charge in [-0.3, -0.25) is 14.4 Å². The summed E-state index contributed by atoms with van der Waals surface area (Å²) in [5.74, 6) is -5.59. The lowest BCUT2D eigenvalue weighted by Gasteiger charge is -2.30. The van der Waals surface area contributed by atoms with Crippen molar-refractivity contribution in [2.24, 2.45) is 17.8 Å². The minimum absolute atomic E-state index is 0.0251. The van der Waals surface area contributed by atoms with Crippen LogP contribution in [-0.2, 0) is 19.1 Å². The van der Waals surface area contributed by atoms with Crippen LogP contribution in [0, 0.1) is 17.8 Å². The van der Waals surface area contributed by atoms with Crippen LogP contribution in [0.3, 0.4) is 0 Å². The Balaban J connectivity index is 2.37. The number of carboxylic acid groups (broad SMARTS) is 2. The van der Waals surface area contributed by atoms with E-state index in [0.717, 1.165) is 19.3 Å². The molecule has 0 aliphatic heterocycles. The van der Waals surface area contributed by atoms with Crippen LogP contribution >= 0.6 is 0 Å². The molecule has 0 saturated heterocycles.